The van der Waals surface area contributed by atoms with Crippen LogP contribution in [0.1, 0.15) is 48.6 Å². The maximum Gasteiger partial charge on any atom is 0.229 e. The molecule has 32 heavy (non-hydrogen) atoms. The SMILES string of the molecule is CC(C)c1nc2oc3c(N4CCN(Cc5ccccc5)CC4)ncnc3c2c2c1CCC2. The van der Waals surface area contributed by atoms with Crippen LogP contribution in [-0.4, -0.2) is 46.0 Å². The topological polar surface area (TPSA) is 58.3 Å². The van der Waals surface area contributed by atoms with Gasteiger partial charge in [-0.05, 0) is 41.9 Å². The number of pyridine rings is 1. The van der Waals surface area contributed by atoms with Gasteiger partial charge in [-0.3, -0.25) is 4.90 Å². The van der Waals surface area contributed by atoms with Gasteiger partial charge < -0.3 is 9.32 Å². The van der Waals surface area contributed by atoms with Crippen molar-refractivity contribution < 1.29 is 4.42 Å². The molecule has 0 atom stereocenters. The number of aromatic nitrogens is 3. The van der Waals surface area contributed by atoms with Crippen LogP contribution in [0.15, 0.2) is 41.1 Å². The average molecular weight is 428 g/mol. The Labute approximate surface area is 188 Å². The van der Waals surface area contributed by atoms with Crippen LogP contribution in [0.3, 0.4) is 0 Å². The molecule has 0 amide bonds. The molecule has 0 spiro atoms. The molecular formula is C26H29N5O. The Balaban J connectivity index is 1.33. The van der Waals surface area contributed by atoms with Crippen LogP contribution in [0.2, 0.25) is 0 Å². The van der Waals surface area contributed by atoms with Gasteiger partial charge in [-0.1, -0.05) is 44.2 Å². The van der Waals surface area contributed by atoms with Crippen molar-refractivity contribution in [2.24, 2.45) is 0 Å². The molecule has 1 fully saturated rings. The highest BCUT2D eigenvalue weighted by Crippen LogP contribution is 2.40. The lowest BCUT2D eigenvalue weighted by Crippen LogP contribution is -2.46. The molecule has 4 heterocycles. The first-order valence-corrected chi connectivity index (χ1v) is 11.8. The lowest BCUT2D eigenvalue weighted by Gasteiger charge is -2.35. The van der Waals surface area contributed by atoms with Gasteiger partial charge in [0.2, 0.25) is 5.71 Å². The quantitative estimate of drug-likeness (QED) is 0.470. The Morgan fingerprint density at radius 2 is 1.75 bits per heavy atom. The molecule has 6 rings (SSSR count). The Hall–Kier alpha value is -2.99. The summed E-state index contributed by atoms with van der Waals surface area (Å²) in [5.41, 5.74) is 7.82. The zero-order chi connectivity index (χ0) is 21.7. The molecule has 1 aromatic carbocycles. The molecule has 6 heteroatoms. The standard InChI is InChI=1S/C26H29N5O/c1-17(2)22-20-10-6-9-19(20)21-23-24(32-26(21)29-22)25(28-16-27-23)31-13-11-30(12-14-31)15-18-7-4-3-5-8-18/h3-5,7-8,16-17H,6,9-15H2,1-2H3. The van der Waals surface area contributed by atoms with Gasteiger partial charge in [-0.15, -0.1) is 0 Å². The fraction of sp³-hybridized carbons (Fsp3) is 0.423. The average Bonchev–Trinajstić information content (AvgIpc) is 3.44. The second kappa shape index (κ2) is 7.85. The van der Waals surface area contributed by atoms with Crippen molar-refractivity contribution in [1.82, 2.24) is 19.9 Å². The smallest absolute Gasteiger partial charge is 0.229 e. The Morgan fingerprint density at radius 1 is 0.969 bits per heavy atom. The summed E-state index contributed by atoms with van der Waals surface area (Å²) < 4.78 is 6.38. The highest BCUT2D eigenvalue weighted by molar-refractivity contribution is 6.06. The predicted octanol–water partition coefficient (Wildman–Crippen LogP) is 4.71. The molecule has 6 nitrogen and oxygen atoms in total. The zero-order valence-corrected chi connectivity index (χ0v) is 18.8. The molecule has 1 aliphatic carbocycles. The van der Waals surface area contributed by atoms with Crippen molar-refractivity contribution in [1.29, 1.82) is 0 Å². The van der Waals surface area contributed by atoms with Gasteiger partial charge >= 0.3 is 0 Å². The number of fused-ring (bicyclic) bond motifs is 5. The first kappa shape index (κ1) is 19.7. The number of rotatable bonds is 4. The van der Waals surface area contributed by atoms with Crippen LogP contribution in [0.4, 0.5) is 5.82 Å². The summed E-state index contributed by atoms with van der Waals surface area (Å²) in [6, 6.07) is 10.7. The van der Waals surface area contributed by atoms with Crippen molar-refractivity contribution in [3.05, 3.63) is 59.0 Å². The summed E-state index contributed by atoms with van der Waals surface area (Å²) in [5, 5.41) is 1.11. The Morgan fingerprint density at radius 3 is 2.53 bits per heavy atom. The van der Waals surface area contributed by atoms with E-state index < -0.39 is 0 Å². The van der Waals surface area contributed by atoms with E-state index in [0.29, 0.717) is 5.92 Å². The number of nitrogens with zero attached hydrogens (tertiary/aromatic N) is 5. The van der Waals surface area contributed by atoms with Gasteiger partial charge in [0.25, 0.3) is 0 Å². The minimum absolute atomic E-state index is 0.391. The maximum absolute atomic E-state index is 6.38. The van der Waals surface area contributed by atoms with Crippen molar-refractivity contribution in [2.75, 3.05) is 31.1 Å². The second-order valence-corrected chi connectivity index (χ2v) is 9.37. The van der Waals surface area contributed by atoms with Crippen molar-refractivity contribution in [2.45, 2.75) is 45.6 Å². The summed E-state index contributed by atoms with van der Waals surface area (Å²) >= 11 is 0. The molecule has 0 unspecified atom stereocenters. The minimum atomic E-state index is 0.391. The van der Waals surface area contributed by atoms with Gasteiger partial charge in [-0.2, -0.15) is 0 Å². The fourth-order valence-electron chi connectivity index (χ4n) is 5.38. The number of anilines is 1. The van der Waals surface area contributed by atoms with E-state index in [1.54, 1.807) is 6.33 Å². The number of hydrogen-bond acceptors (Lipinski definition) is 6. The third kappa shape index (κ3) is 3.25. The van der Waals surface area contributed by atoms with Gasteiger partial charge in [0.05, 0.1) is 11.1 Å². The summed E-state index contributed by atoms with van der Waals surface area (Å²) in [4.78, 5) is 19.1. The largest absolute Gasteiger partial charge is 0.432 e. The summed E-state index contributed by atoms with van der Waals surface area (Å²) in [6.07, 6.45) is 5.07. The second-order valence-electron chi connectivity index (χ2n) is 9.37. The van der Waals surface area contributed by atoms with Crippen LogP contribution in [-0.2, 0) is 19.4 Å². The molecule has 3 aromatic heterocycles. The molecule has 1 saturated heterocycles. The molecule has 164 valence electrons. The Bertz CT molecular complexity index is 1270. The number of piperazine rings is 1. The number of furan rings is 1. The summed E-state index contributed by atoms with van der Waals surface area (Å²) in [5.74, 6) is 1.30. The lowest BCUT2D eigenvalue weighted by atomic mass is 9.99. The third-order valence-corrected chi connectivity index (χ3v) is 6.95. The number of aryl methyl sites for hydroxylation is 1. The molecule has 0 saturated carbocycles. The van der Waals surface area contributed by atoms with E-state index in [4.69, 9.17) is 9.40 Å². The van der Waals surface area contributed by atoms with Crippen LogP contribution < -0.4 is 4.90 Å². The van der Waals surface area contributed by atoms with Crippen LogP contribution in [0, 0.1) is 0 Å². The molecule has 0 radical (unpaired) electrons. The van der Waals surface area contributed by atoms with E-state index in [1.165, 1.54) is 28.8 Å². The van der Waals surface area contributed by atoms with E-state index in [9.17, 15) is 0 Å². The molecule has 2 aliphatic rings. The molecule has 0 bridgehead atoms. The van der Waals surface area contributed by atoms with Crippen molar-refractivity contribution in [3.63, 3.8) is 0 Å². The predicted molar refractivity (Wildman–Crippen MR) is 127 cm³/mol. The van der Waals surface area contributed by atoms with E-state index in [1.807, 2.05) is 0 Å². The Kier molecular flexibility index (Phi) is 4.83. The fourth-order valence-corrected chi connectivity index (χ4v) is 5.38. The third-order valence-electron chi connectivity index (χ3n) is 6.95. The molecule has 0 N–H and O–H groups in total. The van der Waals surface area contributed by atoms with Gasteiger partial charge in [0.1, 0.15) is 11.8 Å². The lowest BCUT2D eigenvalue weighted by molar-refractivity contribution is 0.249. The number of benzene rings is 1. The van der Waals surface area contributed by atoms with Gasteiger partial charge in [-0.25, -0.2) is 15.0 Å². The monoisotopic (exact) mass is 427 g/mol. The van der Waals surface area contributed by atoms with E-state index >= 15 is 0 Å². The van der Waals surface area contributed by atoms with Gasteiger partial charge in [0, 0.05) is 32.7 Å². The maximum atomic E-state index is 6.38. The van der Waals surface area contributed by atoms with E-state index in [-0.39, 0.29) is 0 Å². The van der Waals surface area contributed by atoms with Crippen LogP contribution in [0.5, 0.6) is 0 Å². The highest BCUT2D eigenvalue weighted by atomic mass is 16.3. The van der Waals surface area contributed by atoms with Crippen LogP contribution >= 0.6 is 0 Å². The molecular weight excluding hydrogens is 398 g/mol. The molecule has 1 aliphatic heterocycles. The first-order chi connectivity index (χ1) is 15.7. The summed E-state index contributed by atoms with van der Waals surface area (Å²) in [7, 11) is 0. The first-order valence-electron chi connectivity index (χ1n) is 11.8. The molecule has 4 aromatic rings. The van der Waals surface area contributed by atoms with Crippen molar-refractivity contribution in [3.8, 4) is 0 Å². The van der Waals surface area contributed by atoms with Crippen molar-refractivity contribution >= 4 is 28.0 Å². The van der Waals surface area contributed by atoms with E-state index in [0.717, 1.165) is 73.6 Å². The normalized spacial score (nSPS) is 17.0. The zero-order valence-electron chi connectivity index (χ0n) is 18.8. The number of hydrogen-bond donors (Lipinski definition) is 0. The van der Waals surface area contributed by atoms with Crippen LogP contribution in [0.25, 0.3) is 22.2 Å². The van der Waals surface area contributed by atoms with Gasteiger partial charge in [0.15, 0.2) is 11.4 Å². The van der Waals surface area contributed by atoms with E-state index in [2.05, 4.69) is 63.9 Å². The highest BCUT2D eigenvalue weighted by Gasteiger charge is 2.28. The summed E-state index contributed by atoms with van der Waals surface area (Å²) in [6.45, 7) is 9.30. The minimum Gasteiger partial charge on any atom is -0.432 e.